The topological polar surface area (TPSA) is 79.1 Å². The highest BCUT2D eigenvalue weighted by molar-refractivity contribution is 5.90. The minimum absolute atomic E-state index is 0.104. The van der Waals surface area contributed by atoms with Crippen molar-refractivity contribution in [2.45, 2.75) is 13.5 Å². The summed E-state index contributed by atoms with van der Waals surface area (Å²) in [6.07, 6.45) is 1.71. The van der Waals surface area contributed by atoms with E-state index < -0.39 is 5.97 Å². The predicted molar refractivity (Wildman–Crippen MR) is 94.9 cm³/mol. The molecule has 0 spiro atoms. The molecule has 0 amide bonds. The molecule has 0 aliphatic rings. The Morgan fingerprint density at radius 2 is 1.85 bits per heavy atom. The molecule has 26 heavy (non-hydrogen) atoms. The minimum atomic E-state index is -0.545. The molecule has 2 heterocycles. The molecule has 0 saturated heterocycles. The van der Waals surface area contributed by atoms with Crippen molar-refractivity contribution in [1.29, 1.82) is 0 Å². The van der Waals surface area contributed by atoms with Crippen LogP contribution in [0, 0.1) is 6.92 Å². The van der Waals surface area contributed by atoms with Gasteiger partial charge in [0.25, 0.3) is 5.56 Å². The third kappa shape index (κ3) is 3.51. The van der Waals surface area contributed by atoms with Crippen molar-refractivity contribution in [3.05, 3.63) is 69.8 Å². The van der Waals surface area contributed by atoms with E-state index in [0.29, 0.717) is 28.4 Å². The van der Waals surface area contributed by atoms with Crippen LogP contribution >= 0.6 is 0 Å². The van der Waals surface area contributed by atoms with Crippen LogP contribution in [0.25, 0.3) is 5.65 Å². The molecular formula is C19H18N2O5. The number of esters is 1. The first-order chi connectivity index (χ1) is 12.5. The van der Waals surface area contributed by atoms with Crippen molar-refractivity contribution in [2.75, 3.05) is 14.2 Å². The normalized spacial score (nSPS) is 10.6. The summed E-state index contributed by atoms with van der Waals surface area (Å²) < 4.78 is 17.0. The molecule has 3 aromatic rings. The van der Waals surface area contributed by atoms with Gasteiger partial charge in [-0.3, -0.25) is 9.20 Å². The van der Waals surface area contributed by atoms with Gasteiger partial charge < -0.3 is 14.2 Å². The van der Waals surface area contributed by atoms with Gasteiger partial charge in [-0.05, 0) is 36.8 Å². The molecule has 0 atom stereocenters. The van der Waals surface area contributed by atoms with Gasteiger partial charge in [-0.2, -0.15) is 0 Å². The molecule has 0 saturated carbocycles. The highest BCUT2D eigenvalue weighted by Gasteiger charge is 2.13. The van der Waals surface area contributed by atoms with Crippen LogP contribution in [0.4, 0.5) is 0 Å². The van der Waals surface area contributed by atoms with Crippen molar-refractivity contribution in [3.63, 3.8) is 0 Å². The Balaban J connectivity index is 1.78. The van der Waals surface area contributed by atoms with Gasteiger partial charge in [0.15, 0.2) is 11.5 Å². The van der Waals surface area contributed by atoms with E-state index in [2.05, 4.69) is 4.98 Å². The zero-order chi connectivity index (χ0) is 18.7. The lowest BCUT2D eigenvalue weighted by atomic mass is 10.2. The van der Waals surface area contributed by atoms with E-state index in [0.717, 1.165) is 5.56 Å². The number of aromatic nitrogens is 2. The van der Waals surface area contributed by atoms with Crippen molar-refractivity contribution < 1.29 is 19.0 Å². The standard InChI is InChI=1S/C19H18N2O5/c1-12-4-7-17-20-14(9-18(22)21(17)10-12)11-26-19(23)13-5-6-15(24-2)16(8-13)25-3/h4-10H,11H2,1-3H3. The number of methoxy groups -OCH3 is 2. The summed E-state index contributed by atoms with van der Waals surface area (Å²) in [6.45, 7) is 1.79. The molecule has 1 aromatic carbocycles. The number of aryl methyl sites for hydroxylation is 1. The van der Waals surface area contributed by atoms with Crippen LogP contribution < -0.4 is 15.0 Å². The lowest BCUT2D eigenvalue weighted by Crippen LogP contribution is -2.17. The number of carbonyl (C=O) groups excluding carboxylic acids is 1. The second kappa shape index (κ2) is 7.26. The number of pyridine rings is 1. The van der Waals surface area contributed by atoms with Crippen molar-refractivity contribution in [1.82, 2.24) is 9.38 Å². The Morgan fingerprint density at radius 3 is 2.58 bits per heavy atom. The largest absolute Gasteiger partial charge is 0.493 e. The van der Waals surface area contributed by atoms with E-state index in [4.69, 9.17) is 14.2 Å². The van der Waals surface area contributed by atoms with Crippen molar-refractivity contribution >= 4 is 11.6 Å². The Kier molecular flexibility index (Phi) is 4.88. The number of carbonyl (C=O) groups is 1. The lowest BCUT2D eigenvalue weighted by Gasteiger charge is -2.10. The highest BCUT2D eigenvalue weighted by Crippen LogP contribution is 2.27. The number of fused-ring (bicyclic) bond motifs is 1. The van der Waals surface area contributed by atoms with Crippen LogP contribution in [0.1, 0.15) is 21.6 Å². The summed E-state index contributed by atoms with van der Waals surface area (Å²) in [5.74, 6) is 0.403. The summed E-state index contributed by atoms with van der Waals surface area (Å²) in [6, 6.07) is 9.70. The zero-order valence-electron chi connectivity index (χ0n) is 14.7. The van der Waals surface area contributed by atoms with Gasteiger partial charge in [0.05, 0.1) is 25.5 Å². The Bertz CT molecular complexity index is 1030. The predicted octanol–water partition coefficient (Wildman–Crippen LogP) is 2.38. The molecule has 134 valence electrons. The molecule has 2 aromatic heterocycles. The van der Waals surface area contributed by atoms with E-state index in [-0.39, 0.29) is 12.2 Å². The quantitative estimate of drug-likeness (QED) is 0.655. The van der Waals surface area contributed by atoms with E-state index >= 15 is 0 Å². The fraction of sp³-hybridized carbons (Fsp3) is 0.211. The molecule has 7 nitrogen and oxygen atoms in total. The maximum atomic E-state index is 12.2. The number of rotatable bonds is 5. The average Bonchev–Trinajstić information content (AvgIpc) is 2.66. The van der Waals surface area contributed by atoms with Crippen LogP contribution in [0.2, 0.25) is 0 Å². The molecule has 0 fully saturated rings. The first kappa shape index (κ1) is 17.5. The summed E-state index contributed by atoms with van der Waals surface area (Å²) in [7, 11) is 3.00. The maximum Gasteiger partial charge on any atom is 0.338 e. The molecule has 7 heteroatoms. The average molecular weight is 354 g/mol. The molecule has 0 aliphatic carbocycles. The Labute approximate surface area is 149 Å². The smallest absolute Gasteiger partial charge is 0.338 e. The van der Waals surface area contributed by atoms with Gasteiger partial charge in [0.1, 0.15) is 12.3 Å². The molecule has 0 aliphatic heterocycles. The van der Waals surface area contributed by atoms with E-state index in [1.165, 1.54) is 30.8 Å². The van der Waals surface area contributed by atoms with Crippen LogP contribution in [-0.2, 0) is 11.3 Å². The van der Waals surface area contributed by atoms with Gasteiger partial charge in [-0.1, -0.05) is 6.07 Å². The number of benzene rings is 1. The fourth-order valence-corrected chi connectivity index (χ4v) is 2.52. The van der Waals surface area contributed by atoms with Gasteiger partial charge in [-0.15, -0.1) is 0 Å². The maximum absolute atomic E-state index is 12.2. The molecule has 0 radical (unpaired) electrons. The third-order valence-electron chi connectivity index (χ3n) is 3.83. The number of nitrogens with zero attached hydrogens (tertiary/aromatic N) is 2. The molecule has 3 rings (SSSR count). The molecule has 0 unspecified atom stereocenters. The van der Waals surface area contributed by atoms with Gasteiger partial charge in [0, 0.05) is 12.3 Å². The van der Waals surface area contributed by atoms with Crippen LogP contribution in [0.5, 0.6) is 11.5 Å². The number of hydrogen-bond acceptors (Lipinski definition) is 6. The van der Waals surface area contributed by atoms with Gasteiger partial charge in [0.2, 0.25) is 0 Å². The van der Waals surface area contributed by atoms with Crippen LogP contribution in [-0.4, -0.2) is 29.6 Å². The second-order valence-corrected chi connectivity index (χ2v) is 5.67. The number of hydrogen-bond donors (Lipinski definition) is 0. The van der Waals surface area contributed by atoms with Crippen molar-refractivity contribution in [2.24, 2.45) is 0 Å². The van der Waals surface area contributed by atoms with Crippen LogP contribution in [0.3, 0.4) is 0 Å². The van der Waals surface area contributed by atoms with E-state index in [9.17, 15) is 9.59 Å². The first-order valence-electron chi connectivity index (χ1n) is 7.90. The van der Waals surface area contributed by atoms with E-state index in [1.54, 1.807) is 24.4 Å². The Morgan fingerprint density at radius 1 is 1.08 bits per heavy atom. The minimum Gasteiger partial charge on any atom is -0.493 e. The Hall–Kier alpha value is -3.35. The second-order valence-electron chi connectivity index (χ2n) is 5.67. The fourth-order valence-electron chi connectivity index (χ4n) is 2.52. The lowest BCUT2D eigenvalue weighted by molar-refractivity contribution is 0.0467. The van der Waals surface area contributed by atoms with Crippen molar-refractivity contribution in [3.8, 4) is 11.5 Å². The first-order valence-corrected chi connectivity index (χ1v) is 7.90. The monoisotopic (exact) mass is 354 g/mol. The SMILES string of the molecule is COc1ccc(C(=O)OCc2cc(=O)n3cc(C)ccc3n2)cc1OC. The van der Waals surface area contributed by atoms with E-state index in [1.807, 2.05) is 13.0 Å². The summed E-state index contributed by atoms with van der Waals surface area (Å²) in [5.41, 5.74) is 1.92. The summed E-state index contributed by atoms with van der Waals surface area (Å²) in [4.78, 5) is 28.8. The highest BCUT2D eigenvalue weighted by atomic mass is 16.5. The molecular weight excluding hydrogens is 336 g/mol. The zero-order valence-corrected chi connectivity index (χ0v) is 14.7. The number of ether oxygens (including phenoxy) is 3. The van der Waals surface area contributed by atoms with Crippen LogP contribution in [0.15, 0.2) is 47.4 Å². The molecule has 0 N–H and O–H groups in total. The summed E-state index contributed by atoms with van der Waals surface area (Å²) in [5, 5.41) is 0. The van der Waals surface area contributed by atoms with Gasteiger partial charge >= 0.3 is 5.97 Å². The third-order valence-corrected chi connectivity index (χ3v) is 3.83. The summed E-state index contributed by atoms with van der Waals surface area (Å²) >= 11 is 0. The molecule has 0 bridgehead atoms. The van der Waals surface area contributed by atoms with Gasteiger partial charge in [-0.25, -0.2) is 9.78 Å².